The first-order valence-corrected chi connectivity index (χ1v) is 3.94. The molecule has 9 heavy (non-hydrogen) atoms. The normalized spacial score (nSPS) is 12.2. The third-order valence-corrected chi connectivity index (χ3v) is 1.94. The quantitative estimate of drug-likeness (QED) is 0.624. The second-order valence-corrected chi connectivity index (χ2v) is 3.24. The molecule has 1 N–H and O–H groups in total. The van der Waals surface area contributed by atoms with Crippen molar-refractivity contribution in [3.63, 3.8) is 0 Å². The van der Waals surface area contributed by atoms with Gasteiger partial charge in [0.2, 0.25) is 5.91 Å². The summed E-state index contributed by atoms with van der Waals surface area (Å²) in [6.45, 7) is 1.81. The lowest BCUT2D eigenvalue weighted by molar-refractivity contribution is -0.119. The summed E-state index contributed by atoms with van der Waals surface area (Å²) >= 11 is 5.90. The molecular formula is C5H9NOS2. The number of amides is 1. The molecular weight excluding hydrogens is 154 g/mol. The zero-order valence-electron chi connectivity index (χ0n) is 5.38. The Kier molecular flexibility index (Phi) is 4.71. The molecule has 0 saturated heterocycles. The van der Waals surface area contributed by atoms with Crippen LogP contribution in [0.3, 0.4) is 0 Å². The molecule has 0 radical (unpaired) electrons. The molecule has 4 heteroatoms. The SMILES string of the molecule is CNC(=O)C(C)SC=S. The van der Waals surface area contributed by atoms with Crippen LogP contribution >= 0.6 is 24.0 Å². The summed E-state index contributed by atoms with van der Waals surface area (Å²) in [5, 5.41) is 2.46. The van der Waals surface area contributed by atoms with Gasteiger partial charge in [-0.05, 0) is 6.92 Å². The Morgan fingerprint density at radius 1 is 1.89 bits per heavy atom. The van der Waals surface area contributed by atoms with Crippen molar-refractivity contribution >= 4 is 34.6 Å². The lowest BCUT2D eigenvalue weighted by Gasteiger charge is -2.03. The number of rotatable bonds is 3. The Bertz CT molecular complexity index is 116. The van der Waals surface area contributed by atoms with Gasteiger partial charge >= 0.3 is 0 Å². The summed E-state index contributed by atoms with van der Waals surface area (Å²) < 4.78 is 1.50. The molecule has 52 valence electrons. The first-order chi connectivity index (χ1) is 4.22. The van der Waals surface area contributed by atoms with Crippen LogP contribution < -0.4 is 5.32 Å². The van der Waals surface area contributed by atoms with Crippen LogP contribution in [0.15, 0.2) is 0 Å². The second-order valence-electron chi connectivity index (χ2n) is 1.49. The zero-order chi connectivity index (χ0) is 7.28. The van der Waals surface area contributed by atoms with Crippen molar-refractivity contribution in [2.24, 2.45) is 0 Å². The Balaban J connectivity index is 3.58. The molecule has 0 aliphatic heterocycles. The van der Waals surface area contributed by atoms with Crippen molar-refractivity contribution in [3.05, 3.63) is 0 Å². The summed E-state index contributed by atoms with van der Waals surface area (Å²) in [6, 6.07) is 0. The Morgan fingerprint density at radius 2 is 2.44 bits per heavy atom. The highest BCUT2D eigenvalue weighted by atomic mass is 32.2. The minimum atomic E-state index is -0.0625. The number of thiocarbonyl (C=S) groups is 1. The molecule has 0 aliphatic rings. The van der Waals surface area contributed by atoms with Gasteiger partial charge in [0.05, 0.1) is 5.25 Å². The lowest BCUT2D eigenvalue weighted by Crippen LogP contribution is -2.26. The second kappa shape index (κ2) is 4.76. The van der Waals surface area contributed by atoms with Crippen molar-refractivity contribution in [2.75, 3.05) is 7.05 Å². The van der Waals surface area contributed by atoms with Gasteiger partial charge in [0.25, 0.3) is 0 Å². The van der Waals surface area contributed by atoms with Gasteiger partial charge in [0.15, 0.2) is 0 Å². The largest absolute Gasteiger partial charge is 0.358 e. The highest BCUT2D eigenvalue weighted by Crippen LogP contribution is 2.05. The molecule has 0 aromatic carbocycles. The predicted molar refractivity (Wildman–Crippen MR) is 44.8 cm³/mol. The predicted octanol–water partition coefficient (Wildman–Crippen LogP) is 0.811. The van der Waals surface area contributed by atoms with Crippen LogP contribution in [0.2, 0.25) is 0 Å². The molecule has 0 rings (SSSR count). The summed E-state index contributed by atoms with van der Waals surface area (Å²) in [7, 11) is 1.61. The fourth-order valence-electron chi connectivity index (χ4n) is 0.348. The number of hydrogen-bond donors (Lipinski definition) is 1. The molecule has 0 saturated carbocycles. The fourth-order valence-corrected chi connectivity index (χ4v) is 1.26. The molecule has 0 fully saturated rings. The van der Waals surface area contributed by atoms with Crippen LogP contribution in [-0.2, 0) is 4.79 Å². The molecule has 2 nitrogen and oxygen atoms in total. The van der Waals surface area contributed by atoms with E-state index in [1.807, 2.05) is 6.92 Å². The number of thioether (sulfide) groups is 1. The summed E-state index contributed by atoms with van der Waals surface area (Å²) in [5.41, 5.74) is 0. The van der Waals surface area contributed by atoms with Crippen molar-refractivity contribution in [1.29, 1.82) is 0 Å². The smallest absolute Gasteiger partial charge is 0.232 e. The summed E-state index contributed by atoms with van der Waals surface area (Å²) in [4.78, 5) is 10.7. The average Bonchev–Trinajstić information content (AvgIpc) is 1.87. The molecule has 0 bridgehead atoms. The number of carbonyl (C=O) groups excluding carboxylic acids is 1. The fraction of sp³-hybridized carbons (Fsp3) is 0.600. The van der Waals surface area contributed by atoms with Crippen molar-refractivity contribution in [2.45, 2.75) is 12.2 Å². The Hall–Kier alpha value is -0.0900. The van der Waals surface area contributed by atoms with Gasteiger partial charge in [-0.3, -0.25) is 4.79 Å². The highest BCUT2D eigenvalue weighted by molar-refractivity contribution is 8.21. The minimum absolute atomic E-state index is 0.0149. The van der Waals surface area contributed by atoms with Gasteiger partial charge in [-0.25, -0.2) is 0 Å². The number of hydrogen-bond acceptors (Lipinski definition) is 3. The van der Waals surface area contributed by atoms with Crippen LogP contribution in [0, 0.1) is 0 Å². The standard InChI is InChI=1S/C5H9NOS2/c1-4(9-3-8)5(7)6-2/h3-4H,1-2H3,(H,6,7). The summed E-state index contributed by atoms with van der Waals surface area (Å²) in [6.07, 6.45) is 0. The van der Waals surface area contributed by atoms with Gasteiger partial charge in [-0.1, -0.05) is 12.2 Å². The third kappa shape index (κ3) is 3.48. The number of nitrogens with one attached hydrogen (secondary N) is 1. The maximum Gasteiger partial charge on any atom is 0.232 e. The van der Waals surface area contributed by atoms with Crippen LogP contribution in [0.4, 0.5) is 0 Å². The average molecular weight is 163 g/mol. The van der Waals surface area contributed by atoms with Crippen molar-refractivity contribution < 1.29 is 4.79 Å². The first kappa shape index (κ1) is 8.91. The molecule has 1 unspecified atom stereocenters. The Morgan fingerprint density at radius 3 is 2.78 bits per heavy atom. The maximum absolute atomic E-state index is 10.7. The van der Waals surface area contributed by atoms with Crippen molar-refractivity contribution in [1.82, 2.24) is 5.32 Å². The van der Waals surface area contributed by atoms with E-state index in [0.717, 1.165) is 0 Å². The summed E-state index contributed by atoms with van der Waals surface area (Å²) in [5.74, 6) is 0.0149. The highest BCUT2D eigenvalue weighted by Gasteiger charge is 2.08. The van der Waals surface area contributed by atoms with Crippen LogP contribution in [-0.4, -0.2) is 22.9 Å². The van der Waals surface area contributed by atoms with Gasteiger partial charge in [0, 0.05) is 11.7 Å². The minimum Gasteiger partial charge on any atom is -0.358 e. The van der Waals surface area contributed by atoms with Gasteiger partial charge in [-0.2, -0.15) is 0 Å². The van der Waals surface area contributed by atoms with Crippen molar-refractivity contribution in [3.8, 4) is 0 Å². The van der Waals surface area contributed by atoms with Crippen LogP contribution in [0.25, 0.3) is 0 Å². The molecule has 0 aromatic rings. The maximum atomic E-state index is 10.7. The van der Waals surface area contributed by atoms with Gasteiger partial charge < -0.3 is 5.32 Å². The van der Waals surface area contributed by atoms with E-state index in [0.29, 0.717) is 0 Å². The van der Waals surface area contributed by atoms with E-state index in [1.165, 1.54) is 16.5 Å². The molecule has 0 aromatic heterocycles. The van der Waals surface area contributed by atoms with E-state index in [9.17, 15) is 4.79 Å². The van der Waals surface area contributed by atoms with E-state index < -0.39 is 0 Å². The van der Waals surface area contributed by atoms with E-state index in [2.05, 4.69) is 17.5 Å². The molecule has 0 heterocycles. The lowest BCUT2D eigenvalue weighted by atomic mass is 10.4. The molecule has 0 spiro atoms. The van der Waals surface area contributed by atoms with Crippen LogP contribution in [0.1, 0.15) is 6.92 Å². The zero-order valence-corrected chi connectivity index (χ0v) is 7.01. The van der Waals surface area contributed by atoms with Gasteiger partial charge in [0.1, 0.15) is 0 Å². The molecule has 1 amide bonds. The van der Waals surface area contributed by atoms with Crippen LogP contribution in [0.5, 0.6) is 0 Å². The molecule has 0 aliphatic carbocycles. The Labute approximate surface area is 64.4 Å². The van der Waals surface area contributed by atoms with Gasteiger partial charge in [-0.15, -0.1) is 11.8 Å². The topological polar surface area (TPSA) is 29.1 Å². The van der Waals surface area contributed by atoms with E-state index in [4.69, 9.17) is 0 Å². The molecule has 1 atom stereocenters. The van der Waals surface area contributed by atoms with E-state index in [-0.39, 0.29) is 11.2 Å². The first-order valence-electron chi connectivity index (χ1n) is 2.53. The monoisotopic (exact) mass is 163 g/mol. The van der Waals surface area contributed by atoms with E-state index in [1.54, 1.807) is 7.05 Å². The third-order valence-electron chi connectivity index (χ3n) is 0.875. The number of carbonyl (C=O) groups is 1. The van der Waals surface area contributed by atoms with E-state index >= 15 is 0 Å².